The van der Waals surface area contributed by atoms with Crippen LogP contribution in [0.5, 0.6) is 34.5 Å². The lowest BCUT2D eigenvalue weighted by Crippen LogP contribution is -2.24. The fourth-order valence-electron chi connectivity index (χ4n) is 7.44. The summed E-state index contributed by atoms with van der Waals surface area (Å²) in [6.45, 7) is 11.3. The molecule has 0 saturated carbocycles. The van der Waals surface area contributed by atoms with E-state index in [1.165, 1.54) is 25.8 Å². The van der Waals surface area contributed by atoms with Gasteiger partial charge in [0.05, 0.1) is 43.8 Å². The fourth-order valence-corrected chi connectivity index (χ4v) is 7.44. The van der Waals surface area contributed by atoms with Gasteiger partial charge in [-0.3, -0.25) is 4.79 Å². The molecule has 7 rings (SSSR count). The average molecular weight is 710 g/mol. The summed E-state index contributed by atoms with van der Waals surface area (Å²) >= 11 is 0. The van der Waals surface area contributed by atoms with Gasteiger partial charge in [0.25, 0.3) is 0 Å². The maximum Gasteiger partial charge on any atom is 0.196 e. The van der Waals surface area contributed by atoms with E-state index in [4.69, 9.17) is 28.9 Å². The number of phenolic OH excluding ortho intramolecular Hbond substituents is 1. The summed E-state index contributed by atoms with van der Waals surface area (Å²) in [7, 11) is 4.64. The predicted octanol–water partition coefficient (Wildman–Crippen LogP) is 10.5. The number of aromatic hydroxyl groups is 1. The topological polar surface area (TPSA) is 112 Å². The Balaban J connectivity index is 1.46. The van der Waals surface area contributed by atoms with Crippen molar-refractivity contribution >= 4 is 28.1 Å². The largest absolute Gasteiger partial charge is 0.507 e. The first kappa shape index (κ1) is 35.3. The molecule has 6 aromatic rings. The second-order valence-corrected chi connectivity index (χ2v) is 15.1. The van der Waals surface area contributed by atoms with E-state index in [9.17, 15) is 9.90 Å². The number of nitrogens with zero attached hydrogens (tertiary/aromatic N) is 2. The molecule has 1 aromatic heterocycles. The number of anilines is 2. The minimum atomic E-state index is -0.170. The first-order valence-electron chi connectivity index (χ1n) is 17.5. The van der Waals surface area contributed by atoms with Gasteiger partial charge in [-0.05, 0) is 65.3 Å². The number of carbonyl (C=O) groups excluding carboxylic acids is 1. The summed E-state index contributed by atoms with van der Waals surface area (Å²) in [4.78, 5) is 24.5. The zero-order chi connectivity index (χ0) is 37.7. The number of benzene rings is 5. The molecule has 0 radical (unpaired) electrons. The molecule has 270 valence electrons. The lowest BCUT2D eigenvalue weighted by molar-refractivity contribution is 0.104. The highest BCUT2D eigenvalue weighted by atomic mass is 16.5. The summed E-state index contributed by atoms with van der Waals surface area (Å²) < 4.78 is 23.1. The molecule has 1 aliphatic carbocycles. The highest BCUT2D eigenvalue weighted by Crippen LogP contribution is 2.48. The Morgan fingerprint density at radius 2 is 1.34 bits per heavy atom. The van der Waals surface area contributed by atoms with Crippen molar-refractivity contribution in [3.05, 3.63) is 108 Å². The predicted molar refractivity (Wildman–Crippen MR) is 209 cm³/mol. The molecule has 0 amide bonds. The van der Waals surface area contributed by atoms with Crippen molar-refractivity contribution in [1.82, 2.24) is 9.97 Å². The van der Waals surface area contributed by atoms with Crippen LogP contribution in [0.25, 0.3) is 33.5 Å². The second kappa shape index (κ2) is 13.5. The van der Waals surface area contributed by atoms with Crippen molar-refractivity contribution in [2.75, 3.05) is 26.6 Å². The van der Waals surface area contributed by atoms with Crippen molar-refractivity contribution in [3.8, 4) is 57.1 Å². The van der Waals surface area contributed by atoms with Crippen LogP contribution in [-0.2, 0) is 5.41 Å². The molecule has 1 aliphatic rings. The Hall–Kier alpha value is -6.09. The molecule has 0 aliphatic heterocycles. The first-order chi connectivity index (χ1) is 25.3. The van der Waals surface area contributed by atoms with E-state index in [-0.39, 0.29) is 28.2 Å². The molecule has 0 saturated heterocycles. The van der Waals surface area contributed by atoms with Crippen molar-refractivity contribution in [2.24, 2.45) is 5.41 Å². The van der Waals surface area contributed by atoms with Crippen molar-refractivity contribution < 1.29 is 28.8 Å². The quantitative estimate of drug-likeness (QED) is 0.143. The van der Waals surface area contributed by atoms with E-state index in [0.717, 1.165) is 12.1 Å². The third-order valence-corrected chi connectivity index (χ3v) is 9.54. The summed E-state index contributed by atoms with van der Waals surface area (Å²) in [5.41, 5.74) is 5.43. The van der Waals surface area contributed by atoms with E-state index >= 15 is 0 Å². The van der Waals surface area contributed by atoms with E-state index in [1.807, 2.05) is 54.6 Å². The Kier molecular flexibility index (Phi) is 8.98. The van der Waals surface area contributed by atoms with Crippen molar-refractivity contribution in [3.63, 3.8) is 0 Å². The smallest absolute Gasteiger partial charge is 0.196 e. The number of carbonyl (C=O) groups is 1. The highest BCUT2D eigenvalue weighted by Gasteiger charge is 2.33. The standard InChI is InChI=1S/C44H43N3O6/c1-43(2,3)24-44(4,5)25-13-17-28(18-14-25)53-36-22-32(45-26-15-19-27(50-6)20-16-26)37-38-39(29-11-9-10-12-30(29)41(37)49)46-42(47-40(36)38)31-21-34(51-7)35(52-8)23-33(31)48/h9-23,45,48H,24H2,1-8H3. The molecule has 9 nitrogen and oxygen atoms in total. The van der Waals surface area contributed by atoms with Gasteiger partial charge in [-0.1, -0.05) is 71.0 Å². The van der Waals surface area contributed by atoms with Crippen LogP contribution in [-0.4, -0.2) is 42.2 Å². The molecule has 53 heavy (non-hydrogen) atoms. The summed E-state index contributed by atoms with van der Waals surface area (Å²) in [5, 5.41) is 15.2. The van der Waals surface area contributed by atoms with Gasteiger partial charge in [-0.15, -0.1) is 0 Å². The second-order valence-electron chi connectivity index (χ2n) is 15.1. The summed E-state index contributed by atoms with van der Waals surface area (Å²) in [6, 6.07) is 27.9. The van der Waals surface area contributed by atoms with E-state index < -0.39 is 0 Å². The summed E-state index contributed by atoms with van der Waals surface area (Å²) in [6.07, 6.45) is 1.01. The van der Waals surface area contributed by atoms with Crippen LogP contribution < -0.4 is 24.3 Å². The third-order valence-electron chi connectivity index (χ3n) is 9.54. The summed E-state index contributed by atoms with van der Waals surface area (Å²) in [5.74, 6) is 2.43. The number of hydrogen-bond acceptors (Lipinski definition) is 9. The first-order valence-corrected chi connectivity index (χ1v) is 17.5. The number of nitrogens with one attached hydrogen (secondary N) is 1. The van der Waals surface area contributed by atoms with Crippen LogP contribution in [0.1, 0.15) is 62.5 Å². The van der Waals surface area contributed by atoms with Gasteiger partial charge in [0.15, 0.2) is 28.9 Å². The Bertz CT molecular complexity index is 2360. The molecular formula is C44H43N3O6. The molecule has 0 fully saturated rings. The fraction of sp³-hybridized carbons (Fsp3) is 0.250. The number of ketones is 1. The number of phenols is 1. The number of methoxy groups -OCH3 is 3. The molecule has 0 spiro atoms. The van der Waals surface area contributed by atoms with Crippen LogP contribution in [0, 0.1) is 5.41 Å². The van der Waals surface area contributed by atoms with E-state index in [0.29, 0.717) is 73.3 Å². The molecule has 0 bridgehead atoms. The lowest BCUT2D eigenvalue weighted by Gasteiger charge is -2.33. The monoisotopic (exact) mass is 709 g/mol. The number of hydrogen-bond donors (Lipinski definition) is 2. The van der Waals surface area contributed by atoms with Gasteiger partial charge >= 0.3 is 0 Å². The zero-order valence-corrected chi connectivity index (χ0v) is 31.3. The molecule has 0 atom stereocenters. The van der Waals surface area contributed by atoms with Crippen LogP contribution in [0.15, 0.2) is 91.0 Å². The van der Waals surface area contributed by atoms with Crippen LogP contribution in [0.4, 0.5) is 11.4 Å². The van der Waals surface area contributed by atoms with Gasteiger partial charge in [0.1, 0.15) is 22.8 Å². The Morgan fingerprint density at radius 3 is 1.98 bits per heavy atom. The molecule has 0 unspecified atom stereocenters. The van der Waals surface area contributed by atoms with Crippen molar-refractivity contribution in [1.29, 1.82) is 0 Å². The minimum Gasteiger partial charge on any atom is -0.507 e. The molecule has 2 N–H and O–H groups in total. The Labute approximate surface area is 309 Å². The normalized spacial score (nSPS) is 12.3. The van der Waals surface area contributed by atoms with Gasteiger partial charge in [0, 0.05) is 34.3 Å². The van der Waals surface area contributed by atoms with Gasteiger partial charge in [-0.2, -0.15) is 0 Å². The van der Waals surface area contributed by atoms with Gasteiger partial charge < -0.3 is 29.4 Å². The van der Waals surface area contributed by atoms with Crippen LogP contribution in [0.2, 0.25) is 0 Å². The van der Waals surface area contributed by atoms with Gasteiger partial charge in [0.2, 0.25) is 0 Å². The number of fused-ring (bicyclic) bond motifs is 2. The van der Waals surface area contributed by atoms with Crippen LogP contribution >= 0.6 is 0 Å². The number of aromatic nitrogens is 2. The maximum atomic E-state index is 14.4. The van der Waals surface area contributed by atoms with Crippen molar-refractivity contribution in [2.45, 2.75) is 46.5 Å². The minimum absolute atomic E-state index is 0.0518. The molecular weight excluding hydrogens is 666 g/mol. The van der Waals surface area contributed by atoms with E-state index in [2.05, 4.69) is 52.1 Å². The molecule has 9 heteroatoms. The number of ether oxygens (including phenoxy) is 4. The zero-order valence-electron chi connectivity index (χ0n) is 31.3. The Morgan fingerprint density at radius 1 is 0.698 bits per heavy atom. The average Bonchev–Trinajstić information content (AvgIpc) is 3.13. The highest BCUT2D eigenvalue weighted by molar-refractivity contribution is 6.28. The number of rotatable bonds is 10. The van der Waals surface area contributed by atoms with Gasteiger partial charge in [-0.25, -0.2) is 9.97 Å². The lowest BCUT2D eigenvalue weighted by atomic mass is 9.72. The molecule has 5 aromatic carbocycles. The third kappa shape index (κ3) is 6.70. The maximum absolute atomic E-state index is 14.4. The SMILES string of the molecule is COc1ccc(Nc2cc(Oc3ccc(C(C)(C)CC(C)(C)C)cc3)c3nc(-c4cc(OC)c(OC)cc4O)nc4c3c2C(=O)c2ccccc2-4)cc1. The van der Waals surface area contributed by atoms with E-state index in [1.54, 1.807) is 25.3 Å². The van der Waals surface area contributed by atoms with Crippen LogP contribution in [0.3, 0.4) is 0 Å². The molecule has 1 heterocycles.